The van der Waals surface area contributed by atoms with E-state index in [9.17, 15) is 20.1 Å². The normalized spacial score (nSPS) is 37.0. The molecule has 1 aliphatic heterocycles. The van der Waals surface area contributed by atoms with Gasteiger partial charge in [-0.3, -0.25) is 4.79 Å². The van der Waals surface area contributed by atoms with E-state index < -0.39 is 41.9 Å². The number of aliphatic carboxylic acids is 1. The quantitative estimate of drug-likeness (QED) is 0.495. The van der Waals surface area contributed by atoms with Gasteiger partial charge in [0.2, 0.25) is 0 Å². The highest BCUT2D eigenvalue weighted by molar-refractivity contribution is 8.00. The molecular formula is C11H20O7S. The largest absolute Gasteiger partial charge is 0.480 e. The highest BCUT2D eigenvalue weighted by atomic mass is 32.2. The number of ether oxygens (including phenoxy) is 2. The zero-order valence-electron chi connectivity index (χ0n) is 10.8. The van der Waals surface area contributed by atoms with Crippen molar-refractivity contribution in [2.24, 2.45) is 0 Å². The molecule has 1 rings (SSSR count). The highest BCUT2D eigenvalue weighted by Crippen LogP contribution is 2.26. The number of carboxylic acids is 1. The van der Waals surface area contributed by atoms with Gasteiger partial charge in [-0.25, -0.2) is 0 Å². The third kappa shape index (κ3) is 4.04. The van der Waals surface area contributed by atoms with E-state index in [1.165, 1.54) is 7.11 Å². The summed E-state index contributed by atoms with van der Waals surface area (Å²) in [5, 5.41) is 37.4. The van der Waals surface area contributed by atoms with Crippen LogP contribution in [0.1, 0.15) is 13.3 Å². The van der Waals surface area contributed by atoms with E-state index in [4.69, 9.17) is 14.6 Å². The Hall–Kier alpha value is -0.380. The lowest BCUT2D eigenvalue weighted by atomic mass is 10.00. The van der Waals surface area contributed by atoms with Crippen LogP contribution < -0.4 is 0 Å². The first kappa shape index (κ1) is 16.7. The van der Waals surface area contributed by atoms with Crippen LogP contribution >= 0.6 is 11.8 Å². The fraction of sp³-hybridized carbons (Fsp3) is 0.909. The summed E-state index contributed by atoms with van der Waals surface area (Å²) < 4.78 is 10.2. The molecule has 0 spiro atoms. The fourth-order valence-corrected chi connectivity index (χ4v) is 2.90. The molecule has 112 valence electrons. The maximum absolute atomic E-state index is 10.9. The minimum Gasteiger partial charge on any atom is -0.480 e. The first-order valence-corrected chi connectivity index (χ1v) is 7.04. The smallest absolute Gasteiger partial charge is 0.316 e. The zero-order chi connectivity index (χ0) is 14.6. The molecule has 1 unspecified atom stereocenters. The van der Waals surface area contributed by atoms with E-state index in [0.29, 0.717) is 6.42 Å². The zero-order valence-corrected chi connectivity index (χ0v) is 11.6. The first-order valence-electron chi connectivity index (χ1n) is 5.99. The molecule has 4 N–H and O–H groups in total. The topological polar surface area (TPSA) is 116 Å². The van der Waals surface area contributed by atoms with Crippen molar-refractivity contribution in [3.05, 3.63) is 0 Å². The molecule has 1 heterocycles. The predicted molar refractivity (Wildman–Crippen MR) is 67.9 cm³/mol. The average Bonchev–Trinajstić information content (AvgIpc) is 2.38. The van der Waals surface area contributed by atoms with Crippen LogP contribution in [0.3, 0.4) is 0 Å². The van der Waals surface area contributed by atoms with Gasteiger partial charge in [-0.1, -0.05) is 6.92 Å². The summed E-state index contributed by atoms with van der Waals surface area (Å²) in [6.07, 6.45) is -5.37. The summed E-state index contributed by atoms with van der Waals surface area (Å²) in [4.78, 5) is 10.9. The molecule has 8 heteroatoms. The lowest BCUT2D eigenvalue weighted by Crippen LogP contribution is -2.58. The average molecular weight is 296 g/mol. The monoisotopic (exact) mass is 296 g/mol. The Morgan fingerprint density at radius 1 is 1.32 bits per heavy atom. The molecule has 0 saturated carbocycles. The second-order valence-corrected chi connectivity index (χ2v) is 5.55. The minimum absolute atomic E-state index is 0.190. The summed E-state index contributed by atoms with van der Waals surface area (Å²) in [6, 6.07) is 0. The van der Waals surface area contributed by atoms with Crippen molar-refractivity contribution in [1.82, 2.24) is 0 Å². The van der Waals surface area contributed by atoms with Crippen LogP contribution in [-0.2, 0) is 14.3 Å². The summed E-state index contributed by atoms with van der Waals surface area (Å²) in [5.74, 6) is -0.739. The Bertz CT molecular complexity index is 299. The number of aliphatic hydroxyl groups excluding tert-OH is 3. The van der Waals surface area contributed by atoms with Crippen molar-refractivity contribution in [3.8, 4) is 0 Å². The van der Waals surface area contributed by atoms with Gasteiger partial charge in [0, 0.05) is 12.9 Å². The molecule has 6 atom stereocenters. The van der Waals surface area contributed by atoms with Crippen LogP contribution in [0, 0.1) is 0 Å². The summed E-state index contributed by atoms with van der Waals surface area (Å²) >= 11 is 1.12. The second-order valence-electron chi connectivity index (χ2n) is 4.32. The summed E-state index contributed by atoms with van der Waals surface area (Å²) in [6.45, 7) is 1.75. The lowest BCUT2D eigenvalue weighted by molar-refractivity contribution is -0.284. The van der Waals surface area contributed by atoms with Crippen LogP contribution in [0.15, 0.2) is 0 Å². The molecule has 1 aliphatic rings. The maximum atomic E-state index is 10.9. The van der Waals surface area contributed by atoms with Crippen molar-refractivity contribution in [1.29, 1.82) is 0 Å². The molecule has 0 bridgehead atoms. The van der Waals surface area contributed by atoms with Crippen LogP contribution in [0.2, 0.25) is 0 Å². The molecular weight excluding hydrogens is 276 g/mol. The number of carbonyl (C=O) groups is 1. The van der Waals surface area contributed by atoms with Crippen molar-refractivity contribution in [2.45, 2.75) is 49.3 Å². The van der Waals surface area contributed by atoms with Crippen LogP contribution in [0.25, 0.3) is 0 Å². The predicted octanol–water partition coefficient (Wildman–Crippen LogP) is -0.963. The number of thioether (sulfide) groups is 1. The number of methoxy groups -OCH3 is 1. The highest BCUT2D eigenvalue weighted by Gasteiger charge is 2.44. The minimum atomic E-state index is -1.38. The molecule has 0 aliphatic carbocycles. The molecule has 0 radical (unpaired) electrons. The van der Waals surface area contributed by atoms with E-state index in [0.717, 1.165) is 11.8 Å². The van der Waals surface area contributed by atoms with Gasteiger partial charge >= 0.3 is 5.97 Å². The van der Waals surface area contributed by atoms with Crippen molar-refractivity contribution >= 4 is 17.7 Å². The van der Waals surface area contributed by atoms with Crippen LogP contribution in [0.4, 0.5) is 0 Å². The SMILES string of the molecule is CCC(SC[C@H]1O[C@@H](OC)[C@H](O)[C@@H](O)[C@@H]1O)C(=O)O. The standard InChI is InChI=1S/C11H20O7S/c1-3-6(10(15)16)19-4-5-7(12)8(13)9(14)11(17-2)18-5/h5-9,11-14H,3-4H2,1-2H3,(H,15,16)/t5-,6?,7-,8+,9-,11-/m1/s1. The van der Waals surface area contributed by atoms with Gasteiger partial charge in [0.1, 0.15) is 23.6 Å². The third-order valence-electron chi connectivity index (χ3n) is 3.01. The van der Waals surface area contributed by atoms with Crippen molar-refractivity contribution in [2.75, 3.05) is 12.9 Å². The van der Waals surface area contributed by atoms with Gasteiger partial charge in [0.15, 0.2) is 6.29 Å². The Labute approximate surface area is 115 Å². The number of aliphatic hydroxyl groups is 3. The molecule has 0 aromatic heterocycles. The van der Waals surface area contributed by atoms with Gasteiger partial charge < -0.3 is 29.9 Å². The molecule has 0 aromatic carbocycles. The second kappa shape index (κ2) is 7.41. The third-order valence-corrected chi connectivity index (χ3v) is 4.47. The molecule has 7 nitrogen and oxygen atoms in total. The molecule has 1 saturated heterocycles. The van der Waals surface area contributed by atoms with E-state index in [2.05, 4.69) is 0 Å². The summed E-state index contributed by atoms with van der Waals surface area (Å²) in [5.41, 5.74) is 0. The van der Waals surface area contributed by atoms with E-state index >= 15 is 0 Å². The van der Waals surface area contributed by atoms with Gasteiger partial charge in [-0.05, 0) is 6.42 Å². The first-order chi connectivity index (χ1) is 8.92. The Kier molecular flexibility index (Phi) is 6.51. The number of rotatable bonds is 6. The molecule has 1 fully saturated rings. The van der Waals surface area contributed by atoms with Crippen LogP contribution in [0.5, 0.6) is 0 Å². The fourth-order valence-electron chi connectivity index (χ4n) is 1.82. The van der Waals surface area contributed by atoms with Gasteiger partial charge in [0.05, 0.1) is 6.10 Å². The lowest BCUT2D eigenvalue weighted by Gasteiger charge is -2.39. The van der Waals surface area contributed by atoms with Crippen LogP contribution in [-0.4, -0.2) is 75.2 Å². The molecule has 0 aromatic rings. The Morgan fingerprint density at radius 3 is 2.42 bits per heavy atom. The molecule has 19 heavy (non-hydrogen) atoms. The maximum Gasteiger partial charge on any atom is 0.316 e. The van der Waals surface area contributed by atoms with Gasteiger partial charge in [-0.15, -0.1) is 11.8 Å². The Balaban J connectivity index is 2.59. The van der Waals surface area contributed by atoms with E-state index in [-0.39, 0.29) is 5.75 Å². The molecule has 0 amide bonds. The Morgan fingerprint density at radius 2 is 1.95 bits per heavy atom. The number of hydrogen-bond acceptors (Lipinski definition) is 7. The van der Waals surface area contributed by atoms with Crippen molar-refractivity contribution in [3.63, 3.8) is 0 Å². The van der Waals surface area contributed by atoms with Gasteiger partial charge in [0.25, 0.3) is 0 Å². The number of carboxylic acid groups (broad SMARTS) is 1. The summed E-state index contributed by atoms with van der Waals surface area (Å²) in [7, 11) is 1.31. The van der Waals surface area contributed by atoms with E-state index in [1.54, 1.807) is 6.92 Å². The van der Waals surface area contributed by atoms with E-state index in [1.807, 2.05) is 0 Å². The van der Waals surface area contributed by atoms with Crippen molar-refractivity contribution < 1.29 is 34.7 Å². The van der Waals surface area contributed by atoms with Gasteiger partial charge in [-0.2, -0.15) is 0 Å². The number of hydrogen-bond donors (Lipinski definition) is 4.